The molecule has 3 rings (SSSR count). The molecular weight excluding hydrogens is 372 g/mol. The van der Waals surface area contributed by atoms with Crippen molar-refractivity contribution in [2.45, 2.75) is 42.3 Å². The van der Waals surface area contributed by atoms with Gasteiger partial charge in [-0.15, -0.1) is 0 Å². The van der Waals surface area contributed by atoms with Gasteiger partial charge in [0.25, 0.3) is 0 Å². The molecular formula is C17H22N4O5S. The molecule has 2 aliphatic rings. The van der Waals surface area contributed by atoms with E-state index in [2.05, 4.69) is 10.3 Å². The van der Waals surface area contributed by atoms with Crippen LogP contribution in [0.2, 0.25) is 0 Å². The van der Waals surface area contributed by atoms with Gasteiger partial charge in [-0.05, 0) is 18.1 Å². The zero-order chi connectivity index (χ0) is 19.6. The Hall–Kier alpha value is -2.33. The summed E-state index contributed by atoms with van der Waals surface area (Å²) in [5, 5.41) is 2.09. The van der Waals surface area contributed by atoms with Gasteiger partial charge in [0.2, 0.25) is 11.8 Å². The number of hydrogen-bond donors (Lipinski definition) is 2. The highest BCUT2D eigenvalue weighted by Crippen LogP contribution is 2.30. The minimum absolute atomic E-state index is 0.0356. The van der Waals surface area contributed by atoms with Crippen LogP contribution < -0.4 is 11.1 Å². The maximum Gasteiger partial charge on any atom is 0.223 e. The van der Waals surface area contributed by atoms with E-state index in [4.69, 9.17) is 5.73 Å². The van der Waals surface area contributed by atoms with Crippen LogP contribution in [0, 0.1) is 0 Å². The molecule has 3 unspecified atom stereocenters. The normalized spacial score (nSPS) is 24.8. The van der Waals surface area contributed by atoms with Crippen LogP contribution in [0.15, 0.2) is 24.5 Å². The van der Waals surface area contributed by atoms with E-state index in [9.17, 15) is 22.8 Å². The lowest BCUT2D eigenvalue weighted by atomic mass is 10.1. The van der Waals surface area contributed by atoms with E-state index in [1.807, 2.05) is 0 Å². The lowest BCUT2D eigenvalue weighted by molar-refractivity contribution is -0.136. The van der Waals surface area contributed by atoms with E-state index >= 15 is 0 Å². The quantitative estimate of drug-likeness (QED) is 0.590. The largest absolute Gasteiger partial charge is 0.370 e. The van der Waals surface area contributed by atoms with Crippen molar-refractivity contribution in [1.29, 1.82) is 0 Å². The molecule has 10 heteroatoms. The first kappa shape index (κ1) is 19.4. The van der Waals surface area contributed by atoms with Crippen LogP contribution in [0.5, 0.6) is 0 Å². The molecule has 3 N–H and O–H groups in total. The SMILES string of the molecule is NC(=O)CCCC(=O)N1CC(S(=O)(=O)Cc2cccnc2)C2NCC(=O)C21. The number of sulfone groups is 1. The third-order valence-corrected chi connectivity index (χ3v) is 7.08. The molecule has 2 aliphatic heterocycles. The highest BCUT2D eigenvalue weighted by Gasteiger charge is 2.54. The zero-order valence-corrected chi connectivity index (χ0v) is 15.5. The molecule has 0 aromatic carbocycles. The summed E-state index contributed by atoms with van der Waals surface area (Å²) in [7, 11) is -3.61. The van der Waals surface area contributed by atoms with Crippen LogP contribution in [-0.4, -0.2) is 66.3 Å². The highest BCUT2D eigenvalue weighted by atomic mass is 32.2. The maximum atomic E-state index is 12.9. The zero-order valence-electron chi connectivity index (χ0n) is 14.7. The summed E-state index contributed by atoms with van der Waals surface area (Å²) in [6.45, 7) is 0.00534. The molecule has 2 fully saturated rings. The maximum absolute atomic E-state index is 12.9. The van der Waals surface area contributed by atoms with E-state index in [1.54, 1.807) is 18.3 Å². The number of likely N-dealkylation sites (tertiary alicyclic amines) is 1. The Labute approximate surface area is 157 Å². The predicted molar refractivity (Wildman–Crippen MR) is 96.0 cm³/mol. The van der Waals surface area contributed by atoms with Crippen LogP contribution in [0.4, 0.5) is 0 Å². The highest BCUT2D eigenvalue weighted by molar-refractivity contribution is 7.91. The average Bonchev–Trinajstić information content (AvgIpc) is 3.16. The fraction of sp³-hybridized carbons (Fsp3) is 0.529. The van der Waals surface area contributed by atoms with Crippen molar-refractivity contribution in [3.8, 4) is 0 Å². The monoisotopic (exact) mass is 394 g/mol. The molecule has 3 atom stereocenters. The lowest BCUT2D eigenvalue weighted by Crippen LogP contribution is -2.43. The van der Waals surface area contributed by atoms with E-state index in [0.29, 0.717) is 5.56 Å². The summed E-state index contributed by atoms with van der Waals surface area (Å²) in [5.41, 5.74) is 5.64. The molecule has 0 aliphatic carbocycles. The fourth-order valence-corrected chi connectivity index (χ4v) is 5.66. The number of Topliss-reactive ketones (excluding diaryl/α,β-unsaturated/α-hetero) is 1. The second-order valence-corrected chi connectivity index (χ2v) is 9.11. The molecule has 2 saturated heterocycles. The van der Waals surface area contributed by atoms with Gasteiger partial charge in [0, 0.05) is 31.8 Å². The van der Waals surface area contributed by atoms with E-state index < -0.39 is 33.1 Å². The second kappa shape index (κ2) is 7.73. The number of rotatable bonds is 7. The Bertz CT molecular complexity index is 842. The molecule has 27 heavy (non-hydrogen) atoms. The third-order valence-electron chi connectivity index (χ3n) is 4.98. The molecule has 1 aromatic heterocycles. The molecule has 2 amide bonds. The molecule has 0 bridgehead atoms. The minimum Gasteiger partial charge on any atom is -0.370 e. The van der Waals surface area contributed by atoms with Gasteiger partial charge in [0.15, 0.2) is 15.6 Å². The molecule has 0 saturated carbocycles. The van der Waals surface area contributed by atoms with E-state index in [-0.39, 0.29) is 49.8 Å². The Morgan fingerprint density at radius 2 is 2.11 bits per heavy atom. The molecule has 3 heterocycles. The summed E-state index contributed by atoms with van der Waals surface area (Å²) in [6.07, 6.45) is 3.45. The number of nitrogens with one attached hydrogen (secondary N) is 1. The first-order valence-electron chi connectivity index (χ1n) is 8.74. The molecule has 1 aromatic rings. The van der Waals surface area contributed by atoms with Gasteiger partial charge in [-0.3, -0.25) is 19.4 Å². The topological polar surface area (TPSA) is 140 Å². The first-order valence-corrected chi connectivity index (χ1v) is 10.5. The van der Waals surface area contributed by atoms with Gasteiger partial charge in [-0.1, -0.05) is 6.07 Å². The van der Waals surface area contributed by atoms with Crippen molar-refractivity contribution in [2.24, 2.45) is 5.73 Å². The Morgan fingerprint density at radius 1 is 1.33 bits per heavy atom. The summed E-state index contributed by atoms with van der Waals surface area (Å²) in [6, 6.07) is 1.95. The number of nitrogens with zero attached hydrogens (tertiary/aromatic N) is 2. The molecule has 0 radical (unpaired) electrons. The van der Waals surface area contributed by atoms with Crippen LogP contribution >= 0.6 is 0 Å². The van der Waals surface area contributed by atoms with Crippen molar-refractivity contribution >= 4 is 27.4 Å². The van der Waals surface area contributed by atoms with Gasteiger partial charge in [-0.2, -0.15) is 0 Å². The summed E-state index contributed by atoms with van der Waals surface area (Å²) < 4.78 is 25.9. The average molecular weight is 394 g/mol. The van der Waals surface area contributed by atoms with Gasteiger partial charge >= 0.3 is 0 Å². The van der Waals surface area contributed by atoms with Crippen LogP contribution in [-0.2, 0) is 30.0 Å². The third kappa shape index (κ3) is 4.16. The van der Waals surface area contributed by atoms with Crippen molar-refractivity contribution in [1.82, 2.24) is 15.2 Å². The van der Waals surface area contributed by atoms with Gasteiger partial charge < -0.3 is 16.0 Å². The Kier molecular flexibility index (Phi) is 5.56. The number of nitrogens with two attached hydrogens (primary N) is 1. The minimum atomic E-state index is -3.61. The Morgan fingerprint density at radius 3 is 2.78 bits per heavy atom. The van der Waals surface area contributed by atoms with Gasteiger partial charge in [-0.25, -0.2) is 8.42 Å². The first-order chi connectivity index (χ1) is 12.8. The lowest BCUT2D eigenvalue weighted by Gasteiger charge is -2.21. The van der Waals surface area contributed by atoms with Crippen LogP contribution in [0.25, 0.3) is 0 Å². The summed E-state index contributed by atoms with van der Waals surface area (Å²) >= 11 is 0. The molecule has 9 nitrogen and oxygen atoms in total. The van der Waals surface area contributed by atoms with Crippen LogP contribution in [0.3, 0.4) is 0 Å². The molecule has 146 valence electrons. The van der Waals surface area contributed by atoms with E-state index in [0.717, 1.165) is 0 Å². The number of ketones is 1. The molecule has 0 spiro atoms. The number of pyridine rings is 1. The number of primary amides is 1. The van der Waals surface area contributed by atoms with Crippen molar-refractivity contribution in [2.75, 3.05) is 13.1 Å². The van der Waals surface area contributed by atoms with E-state index in [1.165, 1.54) is 11.1 Å². The number of hydrogen-bond acceptors (Lipinski definition) is 7. The summed E-state index contributed by atoms with van der Waals surface area (Å²) in [5.74, 6) is -1.23. The van der Waals surface area contributed by atoms with Gasteiger partial charge in [0.1, 0.15) is 6.04 Å². The fourth-order valence-electron chi connectivity index (χ4n) is 3.73. The number of carbonyl (C=O) groups excluding carboxylic acids is 3. The number of carbonyl (C=O) groups is 3. The predicted octanol–water partition coefficient (Wildman–Crippen LogP) is -1.23. The van der Waals surface area contributed by atoms with Crippen molar-refractivity contribution in [3.05, 3.63) is 30.1 Å². The van der Waals surface area contributed by atoms with Crippen LogP contribution in [0.1, 0.15) is 24.8 Å². The van der Waals surface area contributed by atoms with Crippen molar-refractivity contribution in [3.63, 3.8) is 0 Å². The van der Waals surface area contributed by atoms with Gasteiger partial charge in [0.05, 0.1) is 23.6 Å². The second-order valence-electron chi connectivity index (χ2n) is 6.89. The Balaban J connectivity index is 1.76. The number of fused-ring (bicyclic) bond motifs is 1. The standard InChI is InChI=1S/C17H22N4O5S/c18-14(23)4-1-5-15(24)21-9-13(16-17(21)12(22)8-20-16)27(25,26)10-11-3-2-6-19-7-11/h2-3,6-7,13,16-17,20H,1,4-5,8-10H2,(H2,18,23). The smallest absolute Gasteiger partial charge is 0.223 e. The number of amides is 2. The number of aromatic nitrogens is 1. The summed E-state index contributed by atoms with van der Waals surface area (Å²) in [4.78, 5) is 40.9. The van der Waals surface area contributed by atoms with Crippen molar-refractivity contribution < 1.29 is 22.8 Å².